The molecule has 1 N–H and O–H groups in total. The Kier molecular flexibility index (Phi) is 9.16. The van der Waals surface area contributed by atoms with Crippen molar-refractivity contribution in [2.24, 2.45) is 5.92 Å². The highest BCUT2D eigenvalue weighted by Gasteiger charge is 2.40. The highest BCUT2D eigenvalue weighted by molar-refractivity contribution is 7.92. The van der Waals surface area contributed by atoms with E-state index in [0.29, 0.717) is 42.9 Å². The van der Waals surface area contributed by atoms with Gasteiger partial charge in [0.1, 0.15) is 30.2 Å². The van der Waals surface area contributed by atoms with Gasteiger partial charge in [-0.1, -0.05) is 44.2 Å². The molecule has 0 radical (unpaired) electrons. The van der Waals surface area contributed by atoms with E-state index in [-0.39, 0.29) is 30.5 Å². The first-order valence-electron chi connectivity index (χ1n) is 14.1. The summed E-state index contributed by atoms with van der Waals surface area (Å²) in [5.41, 5.74) is 0.848. The Morgan fingerprint density at radius 1 is 1.22 bits per heavy atom. The van der Waals surface area contributed by atoms with Crippen LogP contribution in [0, 0.1) is 11.7 Å². The molecule has 1 aliphatic heterocycles. The van der Waals surface area contributed by atoms with E-state index in [1.807, 2.05) is 55.8 Å². The van der Waals surface area contributed by atoms with E-state index < -0.39 is 40.2 Å². The SMILES string of the molecule is CC(C)CCN(C(=O)OC(C)(C)C)C1CCCc2cc(OCc3ccccc3)c(N3CC(=O)NS3(=O)=O)c(F)c2C1. The van der Waals surface area contributed by atoms with Gasteiger partial charge in [-0.3, -0.25) is 4.79 Å². The van der Waals surface area contributed by atoms with Crippen LogP contribution < -0.4 is 13.8 Å². The van der Waals surface area contributed by atoms with E-state index in [4.69, 9.17) is 9.47 Å². The number of carbonyl (C=O) groups is 2. The lowest BCUT2D eigenvalue weighted by molar-refractivity contribution is -0.117. The fourth-order valence-corrected chi connectivity index (χ4v) is 6.31. The second kappa shape index (κ2) is 12.3. The van der Waals surface area contributed by atoms with Gasteiger partial charge in [0.05, 0.1) is 0 Å². The molecule has 41 heavy (non-hydrogen) atoms. The van der Waals surface area contributed by atoms with E-state index in [1.54, 1.807) is 11.0 Å². The van der Waals surface area contributed by atoms with Crippen LogP contribution in [0.1, 0.15) is 70.6 Å². The van der Waals surface area contributed by atoms with Crippen LogP contribution in [0.25, 0.3) is 0 Å². The molecule has 2 aromatic carbocycles. The van der Waals surface area contributed by atoms with Crippen molar-refractivity contribution in [2.45, 2.75) is 85.0 Å². The number of anilines is 1. The van der Waals surface area contributed by atoms with Crippen LogP contribution in [0.2, 0.25) is 0 Å². The summed E-state index contributed by atoms with van der Waals surface area (Å²) in [6, 6.07) is 10.6. The molecule has 1 fully saturated rings. The molecule has 2 aromatic rings. The average molecular weight is 590 g/mol. The topological polar surface area (TPSA) is 105 Å². The predicted molar refractivity (Wildman–Crippen MR) is 154 cm³/mol. The van der Waals surface area contributed by atoms with Crippen LogP contribution >= 0.6 is 0 Å². The zero-order chi connectivity index (χ0) is 29.9. The lowest BCUT2D eigenvalue weighted by atomic mass is 9.98. The number of ether oxygens (including phenoxy) is 2. The Labute approximate surface area is 242 Å². The third-order valence-electron chi connectivity index (χ3n) is 7.15. The van der Waals surface area contributed by atoms with Crippen LogP contribution in [-0.2, 0) is 39.2 Å². The van der Waals surface area contributed by atoms with Crippen LogP contribution in [0.15, 0.2) is 36.4 Å². The predicted octanol–water partition coefficient (Wildman–Crippen LogP) is 5.12. The molecule has 0 spiro atoms. The smallest absolute Gasteiger partial charge is 0.410 e. The number of aryl methyl sites for hydroxylation is 1. The Balaban J connectivity index is 1.75. The minimum absolute atomic E-state index is 0.0486. The first kappa shape index (κ1) is 30.6. The number of hydrogen-bond donors (Lipinski definition) is 1. The van der Waals surface area contributed by atoms with Gasteiger partial charge in [0.25, 0.3) is 5.91 Å². The minimum atomic E-state index is -4.31. The van der Waals surface area contributed by atoms with Gasteiger partial charge in [0.2, 0.25) is 0 Å². The molecule has 0 saturated carbocycles. The maximum Gasteiger partial charge on any atom is 0.410 e. The summed E-state index contributed by atoms with van der Waals surface area (Å²) >= 11 is 0. The average Bonchev–Trinajstić information content (AvgIpc) is 3.01. The molecule has 0 bridgehead atoms. The Morgan fingerprint density at radius 2 is 1.93 bits per heavy atom. The number of hydrogen-bond acceptors (Lipinski definition) is 6. The molecule has 1 aliphatic carbocycles. The zero-order valence-electron chi connectivity index (χ0n) is 24.4. The number of rotatable bonds is 8. The Morgan fingerprint density at radius 3 is 2.54 bits per heavy atom. The first-order chi connectivity index (χ1) is 19.2. The van der Waals surface area contributed by atoms with E-state index in [9.17, 15) is 18.0 Å². The summed E-state index contributed by atoms with van der Waals surface area (Å²) in [5.74, 6) is -1.12. The summed E-state index contributed by atoms with van der Waals surface area (Å²) in [6.45, 7) is 9.56. The molecule has 9 nitrogen and oxygen atoms in total. The minimum Gasteiger partial charge on any atom is -0.487 e. The van der Waals surface area contributed by atoms with Gasteiger partial charge in [0.15, 0.2) is 5.82 Å². The highest BCUT2D eigenvalue weighted by Crippen LogP contribution is 2.41. The summed E-state index contributed by atoms with van der Waals surface area (Å²) in [5, 5.41) is 0. The fraction of sp³-hybridized carbons (Fsp3) is 0.533. The molecule has 2 amide bonds. The standard InChI is InChI=1S/C30H40FN3O6S/c1-20(2)14-15-33(29(36)40-30(3,4)5)23-13-9-12-22-16-25(39-19-21-10-7-6-8-11-21)28(27(31)24(22)17-23)34-18-26(35)32-41(34,37)38/h6-8,10-11,16,20,23H,9,12-15,17-19H2,1-5H3,(H,32,35). The van der Waals surface area contributed by atoms with Crippen molar-refractivity contribution < 1.29 is 31.9 Å². The summed E-state index contributed by atoms with van der Waals surface area (Å²) < 4.78 is 56.7. The quantitative estimate of drug-likeness (QED) is 0.429. The highest BCUT2D eigenvalue weighted by atomic mass is 32.2. The van der Waals surface area contributed by atoms with Crippen molar-refractivity contribution in [2.75, 3.05) is 17.4 Å². The van der Waals surface area contributed by atoms with Crippen molar-refractivity contribution in [3.63, 3.8) is 0 Å². The third kappa shape index (κ3) is 7.49. The van der Waals surface area contributed by atoms with Crippen molar-refractivity contribution >= 4 is 27.9 Å². The van der Waals surface area contributed by atoms with Crippen molar-refractivity contribution in [1.29, 1.82) is 0 Å². The van der Waals surface area contributed by atoms with Crippen LogP contribution in [0.3, 0.4) is 0 Å². The van der Waals surface area contributed by atoms with E-state index in [0.717, 1.165) is 16.3 Å². The van der Waals surface area contributed by atoms with Crippen molar-refractivity contribution in [3.05, 3.63) is 58.9 Å². The first-order valence-corrected chi connectivity index (χ1v) is 15.5. The zero-order valence-corrected chi connectivity index (χ0v) is 25.2. The molecule has 1 atom stereocenters. The van der Waals surface area contributed by atoms with Gasteiger partial charge in [-0.2, -0.15) is 8.42 Å². The second-order valence-corrected chi connectivity index (χ2v) is 13.7. The Bertz CT molecular complexity index is 1370. The summed E-state index contributed by atoms with van der Waals surface area (Å²) in [6.07, 6.45) is 2.33. The number of fused-ring (bicyclic) bond motifs is 1. The normalized spacial score (nSPS) is 18.5. The van der Waals surface area contributed by atoms with Gasteiger partial charge >= 0.3 is 16.3 Å². The number of benzene rings is 2. The molecule has 1 heterocycles. The number of amides is 2. The van der Waals surface area contributed by atoms with Crippen molar-refractivity contribution in [3.8, 4) is 5.75 Å². The van der Waals surface area contributed by atoms with E-state index >= 15 is 4.39 Å². The number of nitrogens with one attached hydrogen (secondary N) is 1. The number of halogens is 1. The van der Waals surface area contributed by atoms with E-state index in [1.165, 1.54) is 0 Å². The number of nitrogens with zero attached hydrogens (tertiary/aromatic N) is 2. The van der Waals surface area contributed by atoms with Crippen LogP contribution in [0.4, 0.5) is 14.9 Å². The maximum atomic E-state index is 16.6. The second-order valence-electron chi connectivity index (χ2n) is 12.1. The van der Waals surface area contributed by atoms with Gasteiger partial charge in [-0.15, -0.1) is 0 Å². The van der Waals surface area contributed by atoms with Crippen LogP contribution in [-0.4, -0.2) is 50.1 Å². The fourth-order valence-electron chi connectivity index (χ4n) is 5.15. The summed E-state index contributed by atoms with van der Waals surface area (Å²) in [4.78, 5) is 27.1. The van der Waals surface area contributed by atoms with Gasteiger partial charge in [-0.25, -0.2) is 18.2 Å². The lowest BCUT2D eigenvalue weighted by Gasteiger charge is -2.34. The molecule has 224 valence electrons. The molecule has 4 rings (SSSR count). The molecule has 1 saturated heterocycles. The largest absolute Gasteiger partial charge is 0.487 e. The van der Waals surface area contributed by atoms with Crippen LogP contribution in [0.5, 0.6) is 5.75 Å². The third-order valence-corrected chi connectivity index (χ3v) is 8.52. The van der Waals surface area contributed by atoms with Gasteiger partial charge in [-0.05, 0) is 81.5 Å². The number of carbonyl (C=O) groups excluding carboxylic acids is 2. The monoisotopic (exact) mass is 589 g/mol. The molecular formula is C30H40FN3O6S. The molecule has 11 heteroatoms. The van der Waals surface area contributed by atoms with Gasteiger partial charge in [0, 0.05) is 12.6 Å². The van der Waals surface area contributed by atoms with E-state index in [2.05, 4.69) is 13.8 Å². The molecule has 0 aromatic heterocycles. The molecular weight excluding hydrogens is 549 g/mol. The molecule has 1 unspecified atom stereocenters. The molecule has 2 aliphatic rings. The maximum absolute atomic E-state index is 16.6. The Hall–Kier alpha value is -3.34. The van der Waals surface area contributed by atoms with Crippen molar-refractivity contribution in [1.82, 2.24) is 9.62 Å². The van der Waals surface area contributed by atoms with Gasteiger partial charge < -0.3 is 14.4 Å². The summed E-state index contributed by atoms with van der Waals surface area (Å²) in [7, 11) is -4.31. The lowest BCUT2D eigenvalue weighted by Crippen LogP contribution is -2.45.